The zero-order valence-corrected chi connectivity index (χ0v) is 13.4. The predicted molar refractivity (Wildman–Crippen MR) is 80.6 cm³/mol. The van der Waals surface area contributed by atoms with E-state index in [1.54, 1.807) is 13.2 Å². The molecule has 3 N–H and O–H groups in total. The number of primary sulfonamides is 1. The summed E-state index contributed by atoms with van der Waals surface area (Å²) in [6, 6.07) is 4.36. The maximum absolute atomic E-state index is 12.2. The third-order valence-electron chi connectivity index (χ3n) is 3.10. The summed E-state index contributed by atoms with van der Waals surface area (Å²) in [5.41, 5.74) is 1.12. The van der Waals surface area contributed by atoms with E-state index in [2.05, 4.69) is 5.32 Å². The summed E-state index contributed by atoms with van der Waals surface area (Å²) in [6.45, 7) is 4.84. The van der Waals surface area contributed by atoms with Gasteiger partial charge >= 0.3 is 0 Å². The predicted octanol–water partition coefficient (Wildman–Crippen LogP) is 0.909. The average Bonchev–Trinajstić information content (AvgIpc) is 2.43. The summed E-state index contributed by atoms with van der Waals surface area (Å²) in [4.78, 5) is 12.2. The molecule has 1 aromatic carbocycles. The minimum Gasteiger partial charge on any atom is -0.384 e. The van der Waals surface area contributed by atoms with Crippen molar-refractivity contribution in [3.8, 4) is 0 Å². The van der Waals surface area contributed by atoms with Crippen LogP contribution in [0.25, 0.3) is 0 Å². The standard InChI is InChI=1S/C14H22N2O4S/c1-4-11-5-6-12(21(15,18)19)7-13(11)14(17)16-8-10(2)9-20-3/h5-7,10H,4,8-9H2,1-3H3,(H,16,17)(H2,15,18,19). The number of nitrogens with one attached hydrogen (secondary N) is 1. The van der Waals surface area contributed by atoms with Crippen LogP contribution in [-0.2, 0) is 21.2 Å². The van der Waals surface area contributed by atoms with Crippen molar-refractivity contribution >= 4 is 15.9 Å². The first-order chi connectivity index (χ1) is 9.79. The quantitative estimate of drug-likeness (QED) is 0.781. The fourth-order valence-electron chi connectivity index (χ4n) is 1.96. The largest absolute Gasteiger partial charge is 0.384 e. The molecule has 6 nitrogen and oxygen atoms in total. The van der Waals surface area contributed by atoms with Crippen LogP contribution in [-0.4, -0.2) is 34.6 Å². The van der Waals surface area contributed by atoms with E-state index in [1.165, 1.54) is 12.1 Å². The minimum atomic E-state index is -3.82. The Morgan fingerprint density at radius 2 is 2.10 bits per heavy atom. The van der Waals surface area contributed by atoms with Crippen molar-refractivity contribution in [3.05, 3.63) is 29.3 Å². The maximum atomic E-state index is 12.2. The molecule has 0 radical (unpaired) electrons. The normalized spacial score (nSPS) is 13.0. The van der Waals surface area contributed by atoms with Gasteiger partial charge in [0.05, 0.1) is 11.5 Å². The number of methoxy groups -OCH3 is 1. The van der Waals surface area contributed by atoms with Crippen LogP contribution in [0.3, 0.4) is 0 Å². The van der Waals surface area contributed by atoms with Gasteiger partial charge in [-0.3, -0.25) is 4.79 Å². The Morgan fingerprint density at radius 1 is 1.43 bits per heavy atom. The molecule has 118 valence electrons. The molecular weight excluding hydrogens is 292 g/mol. The molecule has 1 atom stereocenters. The van der Waals surface area contributed by atoms with Crippen molar-refractivity contribution in [1.82, 2.24) is 5.32 Å². The van der Waals surface area contributed by atoms with E-state index >= 15 is 0 Å². The summed E-state index contributed by atoms with van der Waals surface area (Å²) in [5.74, 6) is -0.134. The number of amides is 1. The molecule has 0 aliphatic heterocycles. The summed E-state index contributed by atoms with van der Waals surface area (Å²) in [6.07, 6.45) is 0.626. The van der Waals surface area contributed by atoms with Crippen molar-refractivity contribution in [2.24, 2.45) is 11.1 Å². The molecule has 1 amide bonds. The number of hydrogen-bond donors (Lipinski definition) is 2. The van der Waals surface area contributed by atoms with E-state index in [-0.39, 0.29) is 16.7 Å². The molecule has 0 aromatic heterocycles. The average molecular weight is 314 g/mol. The summed E-state index contributed by atoms with van der Waals surface area (Å²) < 4.78 is 27.8. The molecule has 0 aliphatic rings. The molecule has 0 bridgehead atoms. The molecule has 0 heterocycles. The van der Waals surface area contributed by atoms with Crippen LogP contribution >= 0.6 is 0 Å². The lowest BCUT2D eigenvalue weighted by molar-refractivity contribution is 0.0933. The van der Waals surface area contributed by atoms with Gasteiger partial charge in [0, 0.05) is 19.2 Å². The van der Waals surface area contributed by atoms with Crippen LogP contribution in [0.1, 0.15) is 29.8 Å². The first-order valence-corrected chi connectivity index (χ1v) is 8.27. The van der Waals surface area contributed by atoms with Gasteiger partial charge in [0.1, 0.15) is 0 Å². The second kappa shape index (κ2) is 7.53. The SMILES string of the molecule is CCc1ccc(S(N)(=O)=O)cc1C(=O)NCC(C)COC. The zero-order chi connectivity index (χ0) is 16.0. The number of nitrogens with two attached hydrogens (primary N) is 1. The highest BCUT2D eigenvalue weighted by molar-refractivity contribution is 7.89. The number of aryl methyl sites for hydroxylation is 1. The van der Waals surface area contributed by atoms with Gasteiger partial charge in [-0.1, -0.05) is 19.9 Å². The van der Waals surface area contributed by atoms with E-state index in [1.807, 2.05) is 13.8 Å². The number of sulfonamides is 1. The fraction of sp³-hybridized carbons (Fsp3) is 0.500. The molecule has 1 unspecified atom stereocenters. The summed E-state index contributed by atoms with van der Waals surface area (Å²) in [7, 11) is -2.22. The Bertz CT molecular complexity index is 599. The van der Waals surface area contributed by atoms with Gasteiger partial charge in [-0.2, -0.15) is 0 Å². The number of ether oxygens (including phenoxy) is 1. The van der Waals surface area contributed by atoms with E-state index in [0.29, 0.717) is 25.1 Å². The monoisotopic (exact) mass is 314 g/mol. The second-order valence-corrected chi connectivity index (χ2v) is 6.55. The Labute approximate surface area is 125 Å². The van der Waals surface area contributed by atoms with E-state index in [4.69, 9.17) is 9.88 Å². The number of carbonyl (C=O) groups excluding carboxylic acids is 1. The van der Waals surface area contributed by atoms with Crippen molar-refractivity contribution in [1.29, 1.82) is 0 Å². The van der Waals surface area contributed by atoms with E-state index in [9.17, 15) is 13.2 Å². The van der Waals surface area contributed by atoms with Crippen LogP contribution in [0.5, 0.6) is 0 Å². The van der Waals surface area contributed by atoms with Crippen LogP contribution in [0.15, 0.2) is 23.1 Å². The van der Waals surface area contributed by atoms with Crippen LogP contribution in [0, 0.1) is 5.92 Å². The van der Waals surface area contributed by atoms with Gasteiger partial charge in [-0.15, -0.1) is 0 Å². The molecule has 21 heavy (non-hydrogen) atoms. The van der Waals surface area contributed by atoms with E-state index < -0.39 is 10.0 Å². The zero-order valence-electron chi connectivity index (χ0n) is 12.5. The third-order valence-corrected chi connectivity index (χ3v) is 4.01. The molecule has 0 fully saturated rings. The van der Waals surface area contributed by atoms with Crippen molar-refractivity contribution in [2.75, 3.05) is 20.3 Å². The molecular formula is C14H22N2O4S. The molecule has 7 heteroatoms. The van der Waals surface area contributed by atoms with Gasteiger partial charge in [0.15, 0.2) is 0 Å². The smallest absolute Gasteiger partial charge is 0.251 e. The maximum Gasteiger partial charge on any atom is 0.251 e. The van der Waals surface area contributed by atoms with Crippen LogP contribution in [0.2, 0.25) is 0 Å². The lowest BCUT2D eigenvalue weighted by Gasteiger charge is -2.14. The third kappa shape index (κ3) is 5.11. The van der Waals surface area contributed by atoms with Gasteiger partial charge in [-0.25, -0.2) is 13.6 Å². The highest BCUT2D eigenvalue weighted by atomic mass is 32.2. The molecule has 1 rings (SSSR count). The molecule has 0 saturated heterocycles. The molecule has 1 aromatic rings. The summed E-state index contributed by atoms with van der Waals surface area (Å²) in [5, 5.41) is 7.89. The fourth-order valence-corrected chi connectivity index (χ4v) is 2.50. The van der Waals surface area contributed by atoms with Crippen molar-refractivity contribution in [2.45, 2.75) is 25.2 Å². The molecule has 0 aliphatic carbocycles. The molecule has 0 spiro atoms. The Hall–Kier alpha value is -1.44. The number of carbonyl (C=O) groups is 1. The van der Waals surface area contributed by atoms with Gasteiger partial charge < -0.3 is 10.1 Å². The summed E-state index contributed by atoms with van der Waals surface area (Å²) >= 11 is 0. The number of hydrogen-bond acceptors (Lipinski definition) is 4. The van der Waals surface area contributed by atoms with Gasteiger partial charge in [0.25, 0.3) is 5.91 Å². The highest BCUT2D eigenvalue weighted by Crippen LogP contribution is 2.16. The molecule has 0 saturated carbocycles. The van der Waals surface area contributed by atoms with E-state index in [0.717, 1.165) is 5.56 Å². The van der Waals surface area contributed by atoms with Crippen molar-refractivity contribution < 1.29 is 17.9 Å². The van der Waals surface area contributed by atoms with Crippen LogP contribution in [0.4, 0.5) is 0 Å². The topological polar surface area (TPSA) is 98.5 Å². The number of rotatable bonds is 7. The lowest BCUT2D eigenvalue weighted by atomic mass is 10.0. The minimum absolute atomic E-state index is 0.0604. The Kier molecular flexibility index (Phi) is 6.32. The van der Waals surface area contributed by atoms with Crippen LogP contribution < -0.4 is 10.5 Å². The highest BCUT2D eigenvalue weighted by Gasteiger charge is 2.16. The first kappa shape index (κ1) is 17.6. The second-order valence-electron chi connectivity index (χ2n) is 4.99. The Balaban J connectivity index is 2.96. The van der Waals surface area contributed by atoms with Crippen molar-refractivity contribution in [3.63, 3.8) is 0 Å². The first-order valence-electron chi connectivity index (χ1n) is 6.72. The lowest BCUT2D eigenvalue weighted by Crippen LogP contribution is -2.30. The number of benzene rings is 1. The van der Waals surface area contributed by atoms with Gasteiger partial charge in [0.2, 0.25) is 10.0 Å². The van der Waals surface area contributed by atoms with Gasteiger partial charge in [-0.05, 0) is 30.0 Å². The Morgan fingerprint density at radius 3 is 2.62 bits per heavy atom.